The normalized spacial score (nSPS) is 12.6. The van der Waals surface area contributed by atoms with Crippen LogP contribution in [0.4, 0.5) is 0 Å². The van der Waals surface area contributed by atoms with Crippen LogP contribution in [-0.4, -0.2) is 9.97 Å². The van der Waals surface area contributed by atoms with Gasteiger partial charge in [-0.05, 0) is 23.5 Å². The fourth-order valence-electron chi connectivity index (χ4n) is 2.04. The molecule has 1 aromatic heterocycles. The van der Waals surface area contributed by atoms with E-state index in [0.717, 1.165) is 12.0 Å². The summed E-state index contributed by atoms with van der Waals surface area (Å²) in [7, 11) is 0. The van der Waals surface area contributed by atoms with Gasteiger partial charge in [0, 0.05) is 18.0 Å². The minimum absolute atomic E-state index is 0.0334. The quantitative estimate of drug-likeness (QED) is 0.636. The van der Waals surface area contributed by atoms with Crippen LogP contribution in [0.25, 0.3) is 0 Å². The summed E-state index contributed by atoms with van der Waals surface area (Å²) in [4.78, 5) is 8.05. The van der Waals surface area contributed by atoms with Gasteiger partial charge in [0.2, 0.25) is 0 Å². The molecule has 0 bridgehead atoms. The van der Waals surface area contributed by atoms with E-state index in [9.17, 15) is 0 Å². The van der Waals surface area contributed by atoms with Crippen molar-refractivity contribution in [2.75, 3.05) is 0 Å². The molecule has 0 radical (unpaired) electrons. The molecule has 0 saturated heterocycles. The van der Waals surface area contributed by atoms with Crippen LogP contribution in [-0.2, 0) is 6.42 Å². The molecule has 1 atom stereocenters. The van der Waals surface area contributed by atoms with Gasteiger partial charge in [0.1, 0.15) is 6.33 Å². The number of nitrogens with two attached hydrogens (primary N) is 1. The van der Waals surface area contributed by atoms with Crippen LogP contribution < -0.4 is 11.3 Å². The summed E-state index contributed by atoms with van der Waals surface area (Å²) in [5, 5.41) is 0. The van der Waals surface area contributed by atoms with Crippen molar-refractivity contribution in [1.82, 2.24) is 15.4 Å². The summed E-state index contributed by atoms with van der Waals surface area (Å²) in [6.07, 6.45) is 5.93. The van der Waals surface area contributed by atoms with Gasteiger partial charge < -0.3 is 0 Å². The highest BCUT2D eigenvalue weighted by Gasteiger charge is 2.11. The Balaban J connectivity index is 2.10. The van der Waals surface area contributed by atoms with Crippen molar-refractivity contribution < 1.29 is 0 Å². The first-order valence-corrected chi connectivity index (χ1v) is 6.50. The van der Waals surface area contributed by atoms with Crippen LogP contribution in [0.5, 0.6) is 0 Å². The van der Waals surface area contributed by atoms with E-state index in [1.807, 2.05) is 0 Å². The third-order valence-electron chi connectivity index (χ3n) is 3.27. The maximum absolute atomic E-state index is 5.63. The fraction of sp³-hybridized carbons (Fsp3) is 0.333. The smallest absolute Gasteiger partial charge is 0.115 e. The zero-order valence-corrected chi connectivity index (χ0v) is 11.4. The van der Waals surface area contributed by atoms with Crippen LogP contribution >= 0.6 is 0 Å². The molecule has 2 rings (SSSR count). The molecule has 2 aromatic rings. The summed E-state index contributed by atoms with van der Waals surface area (Å²) < 4.78 is 0. The van der Waals surface area contributed by atoms with Gasteiger partial charge in [-0.1, -0.05) is 38.1 Å². The Labute approximate surface area is 114 Å². The van der Waals surface area contributed by atoms with Crippen LogP contribution in [0, 0.1) is 0 Å². The van der Waals surface area contributed by atoms with Gasteiger partial charge in [-0.2, -0.15) is 0 Å². The molecule has 0 aliphatic carbocycles. The number of nitrogens with one attached hydrogen (secondary N) is 1. The van der Waals surface area contributed by atoms with Crippen LogP contribution in [0.2, 0.25) is 0 Å². The van der Waals surface area contributed by atoms with Gasteiger partial charge >= 0.3 is 0 Å². The van der Waals surface area contributed by atoms with Gasteiger partial charge in [-0.15, -0.1) is 0 Å². The summed E-state index contributed by atoms with van der Waals surface area (Å²) >= 11 is 0. The largest absolute Gasteiger partial charge is 0.271 e. The molecule has 1 heterocycles. The second-order valence-electron chi connectivity index (χ2n) is 4.99. The van der Waals surface area contributed by atoms with Crippen molar-refractivity contribution in [2.24, 2.45) is 5.84 Å². The first-order chi connectivity index (χ1) is 9.20. The molecule has 0 saturated carbocycles. The number of hydrogen-bond donors (Lipinski definition) is 2. The van der Waals surface area contributed by atoms with Crippen molar-refractivity contribution in [3.05, 3.63) is 59.7 Å². The molecule has 1 aromatic carbocycles. The van der Waals surface area contributed by atoms with E-state index in [0.29, 0.717) is 5.92 Å². The zero-order chi connectivity index (χ0) is 13.7. The lowest BCUT2D eigenvalue weighted by Crippen LogP contribution is -2.29. The Morgan fingerprint density at radius 3 is 2.21 bits per heavy atom. The highest BCUT2D eigenvalue weighted by molar-refractivity contribution is 5.26. The maximum atomic E-state index is 5.63. The molecule has 100 valence electrons. The van der Waals surface area contributed by atoms with Crippen molar-refractivity contribution in [1.29, 1.82) is 0 Å². The zero-order valence-electron chi connectivity index (χ0n) is 11.4. The predicted molar refractivity (Wildman–Crippen MR) is 76.3 cm³/mol. The molecular formula is C15H20N4. The third-order valence-corrected chi connectivity index (χ3v) is 3.27. The average molecular weight is 256 g/mol. The molecule has 0 fully saturated rings. The third kappa shape index (κ3) is 3.59. The van der Waals surface area contributed by atoms with Crippen LogP contribution in [0.15, 0.2) is 43.0 Å². The number of hydrazine groups is 1. The first kappa shape index (κ1) is 13.6. The van der Waals surface area contributed by atoms with Crippen LogP contribution in [0.1, 0.15) is 42.5 Å². The Hall–Kier alpha value is -1.78. The molecule has 0 aliphatic rings. The summed E-state index contributed by atoms with van der Waals surface area (Å²) in [5.74, 6) is 6.18. The second kappa shape index (κ2) is 6.41. The van der Waals surface area contributed by atoms with Crippen molar-refractivity contribution >= 4 is 0 Å². The van der Waals surface area contributed by atoms with Crippen molar-refractivity contribution in [2.45, 2.75) is 32.2 Å². The Morgan fingerprint density at radius 1 is 1.05 bits per heavy atom. The van der Waals surface area contributed by atoms with E-state index in [-0.39, 0.29) is 6.04 Å². The minimum atomic E-state index is 0.0334. The number of nitrogens with zero attached hydrogens (tertiary/aromatic N) is 2. The van der Waals surface area contributed by atoms with Gasteiger partial charge in [-0.3, -0.25) is 11.3 Å². The van der Waals surface area contributed by atoms with E-state index < -0.39 is 0 Å². The lowest BCUT2D eigenvalue weighted by molar-refractivity contribution is 0.548. The summed E-state index contributed by atoms with van der Waals surface area (Å²) in [6, 6.07) is 8.70. The molecule has 3 N–H and O–H groups in total. The SMILES string of the molecule is CC(C)c1ccc(CC(NN)c2cncnc2)cc1. The first-order valence-electron chi connectivity index (χ1n) is 6.50. The minimum Gasteiger partial charge on any atom is -0.271 e. The number of aromatic nitrogens is 2. The molecule has 4 heteroatoms. The Morgan fingerprint density at radius 2 is 1.68 bits per heavy atom. The number of rotatable bonds is 5. The second-order valence-corrected chi connectivity index (χ2v) is 4.99. The Bertz CT molecular complexity index is 493. The van der Waals surface area contributed by atoms with Gasteiger partial charge in [0.05, 0.1) is 6.04 Å². The fourth-order valence-corrected chi connectivity index (χ4v) is 2.04. The van der Waals surface area contributed by atoms with Gasteiger partial charge in [0.15, 0.2) is 0 Å². The average Bonchev–Trinajstić information content (AvgIpc) is 2.46. The molecular weight excluding hydrogens is 236 g/mol. The lowest BCUT2D eigenvalue weighted by Gasteiger charge is -2.16. The molecule has 19 heavy (non-hydrogen) atoms. The van der Waals surface area contributed by atoms with E-state index in [1.54, 1.807) is 12.4 Å². The van der Waals surface area contributed by atoms with Gasteiger partial charge in [-0.25, -0.2) is 9.97 Å². The maximum Gasteiger partial charge on any atom is 0.115 e. The highest BCUT2D eigenvalue weighted by atomic mass is 15.2. The number of benzene rings is 1. The molecule has 4 nitrogen and oxygen atoms in total. The molecule has 0 amide bonds. The summed E-state index contributed by atoms with van der Waals surface area (Å²) in [5.41, 5.74) is 6.42. The lowest BCUT2D eigenvalue weighted by atomic mass is 9.97. The highest BCUT2D eigenvalue weighted by Crippen LogP contribution is 2.19. The Kier molecular flexibility index (Phi) is 4.60. The molecule has 1 unspecified atom stereocenters. The van der Waals surface area contributed by atoms with Crippen molar-refractivity contribution in [3.8, 4) is 0 Å². The van der Waals surface area contributed by atoms with Crippen LogP contribution in [0.3, 0.4) is 0 Å². The van der Waals surface area contributed by atoms with Gasteiger partial charge in [0.25, 0.3) is 0 Å². The standard InChI is InChI=1S/C15H20N4/c1-11(2)13-5-3-12(4-6-13)7-15(19-16)14-8-17-10-18-9-14/h3-6,8-11,15,19H,7,16H2,1-2H3. The van der Waals surface area contributed by atoms with E-state index >= 15 is 0 Å². The predicted octanol–water partition coefficient (Wildman–Crippen LogP) is 2.35. The monoisotopic (exact) mass is 256 g/mol. The van der Waals surface area contributed by atoms with Crippen molar-refractivity contribution in [3.63, 3.8) is 0 Å². The van der Waals surface area contributed by atoms with E-state index in [1.165, 1.54) is 17.5 Å². The molecule has 0 spiro atoms. The topological polar surface area (TPSA) is 63.8 Å². The van der Waals surface area contributed by atoms with E-state index in [4.69, 9.17) is 5.84 Å². The number of hydrogen-bond acceptors (Lipinski definition) is 4. The summed E-state index contributed by atoms with van der Waals surface area (Å²) in [6.45, 7) is 4.39. The molecule has 0 aliphatic heterocycles. The van der Waals surface area contributed by atoms with E-state index in [2.05, 4.69) is 53.5 Å².